The van der Waals surface area contributed by atoms with Crippen molar-refractivity contribution in [2.75, 3.05) is 6.61 Å². The summed E-state index contributed by atoms with van der Waals surface area (Å²) in [7, 11) is -0.375. The quantitative estimate of drug-likeness (QED) is 0.474. The second-order valence-electron chi connectivity index (χ2n) is 6.15. The van der Waals surface area contributed by atoms with Gasteiger partial charge in [-0.25, -0.2) is 0 Å². The van der Waals surface area contributed by atoms with Gasteiger partial charge in [0.15, 0.2) is 0 Å². The summed E-state index contributed by atoms with van der Waals surface area (Å²) >= 11 is 5.88. The molecule has 0 radical (unpaired) electrons. The number of rotatable bonds is 7. The van der Waals surface area contributed by atoms with Crippen molar-refractivity contribution in [2.45, 2.75) is 57.2 Å². The topological polar surface area (TPSA) is 9.23 Å². The van der Waals surface area contributed by atoms with E-state index in [0.29, 0.717) is 0 Å². The summed E-state index contributed by atoms with van der Waals surface area (Å²) < 4.78 is 5.89. The first-order valence-electron chi connectivity index (χ1n) is 8.16. The molecule has 0 saturated carbocycles. The van der Waals surface area contributed by atoms with Crippen molar-refractivity contribution in [2.24, 2.45) is 5.92 Å². The summed E-state index contributed by atoms with van der Waals surface area (Å²) in [6.07, 6.45) is 7.08. The zero-order valence-electron chi connectivity index (χ0n) is 12.6. The highest BCUT2D eigenvalue weighted by Crippen LogP contribution is 2.29. The average molecular weight is 311 g/mol. The molecule has 1 nitrogen and oxygen atoms in total. The molecule has 1 aliphatic heterocycles. The fourth-order valence-electron chi connectivity index (χ4n) is 3.11. The lowest BCUT2D eigenvalue weighted by Gasteiger charge is -2.27. The minimum atomic E-state index is -0.375. The Balaban J connectivity index is 1.63. The van der Waals surface area contributed by atoms with Crippen molar-refractivity contribution in [3.8, 4) is 5.75 Å². The van der Waals surface area contributed by atoms with E-state index in [1.54, 1.807) is 18.1 Å². The summed E-state index contributed by atoms with van der Waals surface area (Å²) in [5, 5.41) is 0.774. The van der Waals surface area contributed by atoms with Crippen LogP contribution in [0.1, 0.15) is 39.0 Å². The SMILES string of the molecule is CCCCC[Si@H]1CC[C@H](COc2ccc(Cl)cc2)CC1. The standard InChI is InChI=1S/C17H27ClOSi/c1-2-3-4-11-20-12-9-15(10-13-20)14-19-17-7-5-16(18)6-8-17/h5-8,15,20H,2-4,9-14H2,1H3/t15-,20-. The summed E-state index contributed by atoms with van der Waals surface area (Å²) in [4.78, 5) is 0. The lowest BCUT2D eigenvalue weighted by Crippen LogP contribution is -2.24. The number of benzene rings is 1. The van der Waals surface area contributed by atoms with Crippen LogP contribution < -0.4 is 4.74 Å². The first kappa shape index (κ1) is 15.9. The van der Waals surface area contributed by atoms with Crippen LogP contribution in [0.15, 0.2) is 24.3 Å². The molecular weight excluding hydrogens is 284 g/mol. The van der Waals surface area contributed by atoms with Crippen LogP contribution >= 0.6 is 11.6 Å². The summed E-state index contributed by atoms with van der Waals surface area (Å²) in [6, 6.07) is 12.4. The Morgan fingerprint density at radius 1 is 1.15 bits per heavy atom. The van der Waals surface area contributed by atoms with E-state index in [9.17, 15) is 0 Å². The van der Waals surface area contributed by atoms with Gasteiger partial charge in [0.2, 0.25) is 0 Å². The number of halogens is 1. The second kappa shape index (κ2) is 8.73. The Hall–Kier alpha value is -0.473. The molecule has 0 spiro atoms. The maximum atomic E-state index is 5.89. The third-order valence-electron chi connectivity index (χ3n) is 4.48. The van der Waals surface area contributed by atoms with Gasteiger partial charge in [-0.1, -0.05) is 55.9 Å². The van der Waals surface area contributed by atoms with Crippen molar-refractivity contribution in [1.82, 2.24) is 0 Å². The van der Waals surface area contributed by atoms with Crippen LogP contribution in [0.25, 0.3) is 0 Å². The summed E-state index contributed by atoms with van der Waals surface area (Å²) in [5.74, 6) is 1.73. The Kier molecular flexibility index (Phi) is 6.95. The number of hydrogen-bond acceptors (Lipinski definition) is 1. The number of hydrogen-bond donors (Lipinski definition) is 0. The van der Waals surface area contributed by atoms with Crippen molar-refractivity contribution >= 4 is 20.4 Å². The smallest absolute Gasteiger partial charge is 0.119 e. The van der Waals surface area contributed by atoms with Crippen molar-refractivity contribution in [3.63, 3.8) is 0 Å². The van der Waals surface area contributed by atoms with Crippen molar-refractivity contribution in [1.29, 1.82) is 0 Å². The Morgan fingerprint density at radius 3 is 2.50 bits per heavy atom. The average Bonchev–Trinajstić information content (AvgIpc) is 2.48. The molecule has 0 N–H and O–H groups in total. The van der Waals surface area contributed by atoms with Gasteiger partial charge < -0.3 is 4.74 Å². The summed E-state index contributed by atoms with van der Waals surface area (Å²) in [6.45, 7) is 3.18. The molecule has 3 heteroatoms. The van der Waals surface area contributed by atoms with Crippen LogP contribution in [0, 0.1) is 5.92 Å². The van der Waals surface area contributed by atoms with Crippen LogP contribution in [0.5, 0.6) is 5.75 Å². The number of ether oxygens (including phenoxy) is 1. The van der Waals surface area contributed by atoms with Crippen LogP contribution in [0.2, 0.25) is 23.2 Å². The van der Waals surface area contributed by atoms with Gasteiger partial charge >= 0.3 is 0 Å². The van der Waals surface area contributed by atoms with Crippen molar-refractivity contribution < 1.29 is 4.74 Å². The maximum absolute atomic E-state index is 5.89. The maximum Gasteiger partial charge on any atom is 0.119 e. The third kappa shape index (κ3) is 5.49. The number of unbranched alkanes of at least 4 members (excludes halogenated alkanes) is 2. The van der Waals surface area contributed by atoms with Crippen LogP contribution in [-0.2, 0) is 0 Å². The molecule has 1 fully saturated rings. The van der Waals surface area contributed by atoms with E-state index in [1.807, 2.05) is 24.3 Å². The van der Waals surface area contributed by atoms with Crippen molar-refractivity contribution in [3.05, 3.63) is 29.3 Å². The van der Waals surface area contributed by atoms with E-state index in [4.69, 9.17) is 16.3 Å². The fraction of sp³-hybridized carbons (Fsp3) is 0.647. The third-order valence-corrected chi connectivity index (χ3v) is 8.26. The first-order chi connectivity index (χ1) is 9.78. The molecular formula is C17H27ClOSi. The van der Waals surface area contributed by atoms with Gasteiger partial charge in [-0.3, -0.25) is 0 Å². The molecule has 1 aromatic rings. The molecule has 0 aromatic heterocycles. The fourth-order valence-corrected chi connectivity index (χ4v) is 6.86. The molecule has 0 atom stereocenters. The lowest BCUT2D eigenvalue weighted by molar-refractivity contribution is 0.236. The zero-order valence-corrected chi connectivity index (χ0v) is 14.5. The molecule has 0 bridgehead atoms. The van der Waals surface area contributed by atoms with Gasteiger partial charge in [-0.05, 0) is 43.0 Å². The monoisotopic (exact) mass is 310 g/mol. The molecule has 1 heterocycles. The van der Waals surface area contributed by atoms with E-state index in [0.717, 1.165) is 23.3 Å². The van der Waals surface area contributed by atoms with E-state index in [1.165, 1.54) is 32.1 Å². The van der Waals surface area contributed by atoms with E-state index < -0.39 is 0 Å². The molecule has 0 aliphatic carbocycles. The second-order valence-corrected chi connectivity index (χ2v) is 10.0. The van der Waals surface area contributed by atoms with E-state index in [-0.39, 0.29) is 8.80 Å². The van der Waals surface area contributed by atoms with E-state index in [2.05, 4.69) is 6.92 Å². The molecule has 1 aromatic carbocycles. The first-order valence-corrected chi connectivity index (χ1v) is 11.0. The minimum Gasteiger partial charge on any atom is -0.493 e. The highest BCUT2D eigenvalue weighted by molar-refractivity contribution is 6.58. The molecule has 20 heavy (non-hydrogen) atoms. The van der Waals surface area contributed by atoms with E-state index >= 15 is 0 Å². The van der Waals surface area contributed by atoms with Gasteiger partial charge in [-0.15, -0.1) is 0 Å². The highest BCUT2D eigenvalue weighted by Gasteiger charge is 2.22. The molecule has 0 unspecified atom stereocenters. The molecule has 0 amide bonds. The molecule has 1 aliphatic rings. The predicted molar refractivity (Wildman–Crippen MR) is 90.8 cm³/mol. The van der Waals surface area contributed by atoms with Gasteiger partial charge in [0.25, 0.3) is 0 Å². The highest BCUT2D eigenvalue weighted by atomic mass is 35.5. The molecule has 2 rings (SSSR count). The van der Waals surface area contributed by atoms with Crippen LogP contribution in [0.3, 0.4) is 0 Å². The van der Waals surface area contributed by atoms with Gasteiger partial charge in [0, 0.05) is 13.8 Å². The lowest BCUT2D eigenvalue weighted by atomic mass is 10.0. The van der Waals surface area contributed by atoms with Gasteiger partial charge in [-0.2, -0.15) is 0 Å². The normalized spacial score (nSPS) is 22.7. The van der Waals surface area contributed by atoms with Gasteiger partial charge in [0.05, 0.1) is 6.61 Å². The predicted octanol–water partition coefficient (Wildman–Crippen LogP) is 5.55. The largest absolute Gasteiger partial charge is 0.493 e. The summed E-state index contributed by atoms with van der Waals surface area (Å²) in [5.41, 5.74) is 0. The zero-order chi connectivity index (χ0) is 14.2. The van der Waals surface area contributed by atoms with Crippen LogP contribution in [-0.4, -0.2) is 15.4 Å². The Morgan fingerprint density at radius 2 is 1.85 bits per heavy atom. The van der Waals surface area contributed by atoms with Gasteiger partial charge in [0.1, 0.15) is 5.75 Å². The Labute approximate surface area is 130 Å². The molecule has 1 saturated heterocycles. The van der Waals surface area contributed by atoms with Crippen LogP contribution in [0.4, 0.5) is 0 Å². The minimum absolute atomic E-state index is 0.375. The molecule has 112 valence electrons. The Bertz CT molecular complexity index is 371.